The topological polar surface area (TPSA) is 58.3 Å². The van der Waals surface area contributed by atoms with Crippen molar-refractivity contribution in [1.82, 2.24) is 4.98 Å². The summed E-state index contributed by atoms with van der Waals surface area (Å²) in [5.74, 6) is 0. The number of aromatic nitrogens is 1. The van der Waals surface area contributed by atoms with Gasteiger partial charge < -0.3 is 14.8 Å². The Morgan fingerprint density at radius 2 is 1.82 bits per heavy atom. The third-order valence-corrected chi connectivity index (χ3v) is 3.24. The molecule has 92 valence electrons. The molecule has 0 radical (unpaired) electrons. The van der Waals surface area contributed by atoms with Crippen LogP contribution in [-0.4, -0.2) is 21.2 Å². The van der Waals surface area contributed by atoms with Crippen LogP contribution < -0.4 is 5.32 Å². The maximum atomic E-state index is 10.0. The average molecular weight is 234 g/mol. The zero-order valence-corrected chi connectivity index (χ0v) is 10.6. The molecule has 0 bridgehead atoms. The van der Waals surface area contributed by atoms with Crippen LogP contribution in [0.25, 0.3) is 11.1 Å². The first-order valence-corrected chi connectivity index (χ1v) is 5.66. The van der Waals surface area contributed by atoms with Crippen molar-refractivity contribution in [1.29, 1.82) is 0 Å². The van der Waals surface area contributed by atoms with Crippen LogP contribution in [-0.2, 0) is 0 Å². The Bertz CT molecular complexity index is 490. The Hall–Kier alpha value is -1.55. The number of rotatable bonds is 3. The van der Waals surface area contributed by atoms with Crippen LogP contribution in [0.4, 0.5) is 6.01 Å². The molecule has 0 spiro atoms. The minimum absolute atomic E-state index is 0.429. The molecule has 0 aliphatic carbocycles. The molecule has 0 atom stereocenters. The molecule has 0 aliphatic rings. The highest BCUT2D eigenvalue weighted by molar-refractivity contribution is 5.74. The highest BCUT2D eigenvalue weighted by Crippen LogP contribution is 2.27. The third kappa shape index (κ3) is 2.26. The molecule has 1 heterocycles. The fourth-order valence-corrected chi connectivity index (χ4v) is 1.35. The summed E-state index contributed by atoms with van der Waals surface area (Å²) in [5, 5.41) is 13.2. The van der Waals surface area contributed by atoms with Crippen molar-refractivity contribution in [2.75, 3.05) is 5.32 Å². The molecular formula is C13H18N2O2. The van der Waals surface area contributed by atoms with Crippen molar-refractivity contribution in [3.63, 3.8) is 0 Å². The second-order valence-corrected chi connectivity index (χ2v) is 5.30. The Balaban J connectivity index is 2.30. The van der Waals surface area contributed by atoms with Gasteiger partial charge in [0.2, 0.25) is 0 Å². The van der Waals surface area contributed by atoms with Crippen molar-refractivity contribution in [3.8, 4) is 0 Å². The van der Waals surface area contributed by atoms with Crippen molar-refractivity contribution < 1.29 is 9.52 Å². The van der Waals surface area contributed by atoms with E-state index >= 15 is 0 Å². The first-order valence-electron chi connectivity index (χ1n) is 5.66. The van der Waals surface area contributed by atoms with E-state index in [2.05, 4.69) is 10.3 Å². The molecule has 1 aromatic carbocycles. The van der Waals surface area contributed by atoms with Gasteiger partial charge in [-0.25, -0.2) is 0 Å². The fraction of sp³-hybridized carbons (Fsp3) is 0.462. The zero-order valence-electron chi connectivity index (χ0n) is 10.6. The van der Waals surface area contributed by atoms with E-state index < -0.39 is 11.1 Å². The molecular weight excluding hydrogens is 216 g/mol. The van der Waals surface area contributed by atoms with E-state index in [1.165, 1.54) is 0 Å². The lowest BCUT2D eigenvalue weighted by atomic mass is 9.86. The van der Waals surface area contributed by atoms with Gasteiger partial charge in [-0.1, -0.05) is 12.1 Å². The molecule has 0 unspecified atom stereocenters. The summed E-state index contributed by atoms with van der Waals surface area (Å²) in [6.45, 7) is 7.31. The molecule has 2 aromatic rings. The van der Waals surface area contributed by atoms with E-state index in [0.29, 0.717) is 6.01 Å². The van der Waals surface area contributed by atoms with E-state index in [4.69, 9.17) is 4.42 Å². The Morgan fingerprint density at radius 1 is 1.18 bits per heavy atom. The Labute approximate surface area is 101 Å². The second kappa shape index (κ2) is 3.74. The van der Waals surface area contributed by atoms with Gasteiger partial charge in [-0.15, -0.1) is 0 Å². The lowest BCUT2D eigenvalue weighted by molar-refractivity contribution is 0.0230. The van der Waals surface area contributed by atoms with Gasteiger partial charge in [0, 0.05) is 0 Å². The molecule has 0 saturated heterocycles. The van der Waals surface area contributed by atoms with E-state index in [1.807, 2.05) is 38.1 Å². The summed E-state index contributed by atoms with van der Waals surface area (Å²) in [6, 6.07) is 8.00. The van der Waals surface area contributed by atoms with Crippen LogP contribution in [0.15, 0.2) is 28.7 Å². The van der Waals surface area contributed by atoms with Crippen molar-refractivity contribution in [2.24, 2.45) is 0 Å². The van der Waals surface area contributed by atoms with Gasteiger partial charge in [0.05, 0.1) is 11.1 Å². The summed E-state index contributed by atoms with van der Waals surface area (Å²) in [4.78, 5) is 4.32. The van der Waals surface area contributed by atoms with E-state index in [9.17, 15) is 5.11 Å². The smallest absolute Gasteiger partial charge is 0.296 e. The molecule has 0 amide bonds. The molecule has 0 saturated carbocycles. The largest absolute Gasteiger partial charge is 0.424 e. The highest BCUT2D eigenvalue weighted by Gasteiger charge is 2.36. The van der Waals surface area contributed by atoms with Gasteiger partial charge in [-0.05, 0) is 39.8 Å². The summed E-state index contributed by atoms with van der Waals surface area (Å²) >= 11 is 0. The minimum Gasteiger partial charge on any atom is -0.424 e. The highest BCUT2D eigenvalue weighted by atomic mass is 16.4. The number of para-hydroxylation sites is 2. The lowest BCUT2D eigenvalue weighted by Gasteiger charge is -2.37. The molecule has 2 N–H and O–H groups in total. The number of anilines is 1. The minimum atomic E-state index is -0.881. The van der Waals surface area contributed by atoms with Crippen LogP contribution in [0.1, 0.15) is 27.7 Å². The third-order valence-electron chi connectivity index (χ3n) is 3.24. The Kier molecular flexibility index (Phi) is 2.62. The van der Waals surface area contributed by atoms with Crippen LogP contribution in [0.5, 0.6) is 0 Å². The normalized spacial score (nSPS) is 13.0. The SMILES string of the molecule is CC(C)(O)C(C)(C)Nc1nc2ccccc2o1. The molecule has 1 aromatic heterocycles. The molecule has 2 rings (SSSR count). The molecule has 0 aliphatic heterocycles. The van der Waals surface area contributed by atoms with Crippen LogP contribution in [0.3, 0.4) is 0 Å². The summed E-state index contributed by atoms with van der Waals surface area (Å²) in [6.07, 6.45) is 0. The molecule has 0 fully saturated rings. The number of oxazole rings is 1. The van der Waals surface area contributed by atoms with Gasteiger partial charge in [-0.3, -0.25) is 0 Å². The monoisotopic (exact) mass is 234 g/mol. The predicted molar refractivity (Wildman–Crippen MR) is 68.0 cm³/mol. The number of benzene rings is 1. The van der Waals surface area contributed by atoms with Crippen molar-refractivity contribution >= 4 is 17.1 Å². The van der Waals surface area contributed by atoms with Crippen LogP contribution in [0, 0.1) is 0 Å². The maximum absolute atomic E-state index is 10.0. The first kappa shape index (κ1) is 11.9. The quantitative estimate of drug-likeness (QED) is 0.857. The molecule has 4 heteroatoms. The number of fused-ring (bicyclic) bond motifs is 1. The van der Waals surface area contributed by atoms with Gasteiger partial charge in [0.1, 0.15) is 5.52 Å². The van der Waals surface area contributed by atoms with Gasteiger partial charge in [0.25, 0.3) is 6.01 Å². The van der Waals surface area contributed by atoms with Crippen LogP contribution in [0.2, 0.25) is 0 Å². The van der Waals surface area contributed by atoms with E-state index in [1.54, 1.807) is 13.8 Å². The molecule has 17 heavy (non-hydrogen) atoms. The van der Waals surface area contributed by atoms with E-state index in [-0.39, 0.29) is 0 Å². The van der Waals surface area contributed by atoms with Crippen molar-refractivity contribution in [3.05, 3.63) is 24.3 Å². The average Bonchev–Trinajstić information content (AvgIpc) is 2.56. The zero-order chi connectivity index (χ0) is 12.7. The number of aliphatic hydroxyl groups is 1. The first-order chi connectivity index (χ1) is 7.79. The standard InChI is InChI=1S/C13H18N2O2/c1-12(2,13(3,4)16)15-11-14-9-7-5-6-8-10(9)17-11/h5-8,16H,1-4H3,(H,14,15). The van der Waals surface area contributed by atoms with Gasteiger partial charge >= 0.3 is 0 Å². The van der Waals surface area contributed by atoms with Gasteiger partial charge in [0.15, 0.2) is 5.58 Å². The number of nitrogens with one attached hydrogen (secondary N) is 1. The van der Waals surface area contributed by atoms with Crippen molar-refractivity contribution in [2.45, 2.75) is 38.8 Å². The van der Waals surface area contributed by atoms with Gasteiger partial charge in [-0.2, -0.15) is 4.98 Å². The predicted octanol–water partition coefficient (Wildman–Crippen LogP) is 2.79. The summed E-state index contributed by atoms with van der Waals surface area (Å²) < 4.78 is 5.57. The maximum Gasteiger partial charge on any atom is 0.296 e. The fourth-order valence-electron chi connectivity index (χ4n) is 1.35. The Morgan fingerprint density at radius 3 is 2.41 bits per heavy atom. The van der Waals surface area contributed by atoms with E-state index in [0.717, 1.165) is 11.1 Å². The number of hydrogen-bond donors (Lipinski definition) is 2. The lowest BCUT2D eigenvalue weighted by Crippen LogP contribution is -2.51. The second-order valence-electron chi connectivity index (χ2n) is 5.30. The number of nitrogens with zero attached hydrogens (tertiary/aromatic N) is 1. The summed E-state index contributed by atoms with van der Waals surface area (Å²) in [5.41, 5.74) is 0.129. The number of hydrogen-bond acceptors (Lipinski definition) is 4. The molecule has 4 nitrogen and oxygen atoms in total. The van der Waals surface area contributed by atoms with Crippen LogP contribution >= 0.6 is 0 Å². The summed E-state index contributed by atoms with van der Waals surface area (Å²) in [7, 11) is 0.